The molecule has 0 radical (unpaired) electrons. The van der Waals surface area contributed by atoms with E-state index in [2.05, 4.69) is 20.4 Å². The number of ether oxygens (including phenoxy) is 1. The number of nitrogens with zero attached hydrogens (tertiary/aromatic N) is 4. The van der Waals surface area contributed by atoms with Crippen LogP contribution in [0.1, 0.15) is 26.7 Å². The second-order valence-corrected chi connectivity index (χ2v) is 7.65. The summed E-state index contributed by atoms with van der Waals surface area (Å²) in [5, 5.41) is 7.77. The number of hydrogen-bond donors (Lipinski definition) is 2. The SMILES string of the molecule is CCN=C1CC(OCC)C(Nc2nc3c(-c4cc(F)c(F)c(F)c4)cccn3n2)CC1=CN. The van der Waals surface area contributed by atoms with E-state index in [-0.39, 0.29) is 17.7 Å². The summed E-state index contributed by atoms with van der Waals surface area (Å²) in [6.07, 6.45) is 4.27. The number of rotatable bonds is 6. The average Bonchev–Trinajstić information content (AvgIpc) is 3.21. The molecule has 0 aliphatic heterocycles. The van der Waals surface area contributed by atoms with Gasteiger partial charge in [-0.2, -0.15) is 4.98 Å². The van der Waals surface area contributed by atoms with Gasteiger partial charge in [0, 0.05) is 37.0 Å². The van der Waals surface area contributed by atoms with Crippen molar-refractivity contribution in [1.82, 2.24) is 14.6 Å². The van der Waals surface area contributed by atoms with Gasteiger partial charge in [0.25, 0.3) is 0 Å². The van der Waals surface area contributed by atoms with Crippen LogP contribution in [0.5, 0.6) is 0 Å². The number of anilines is 1. The molecule has 2 unspecified atom stereocenters. The second-order valence-electron chi connectivity index (χ2n) is 7.65. The third-order valence-electron chi connectivity index (χ3n) is 5.56. The molecule has 33 heavy (non-hydrogen) atoms. The maximum Gasteiger partial charge on any atom is 0.243 e. The van der Waals surface area contributed by atoms with Gasteiger partial charge in [-0.3, -0.25) is 4.99 Å². The van der Waals surface area contributed by atoms with E-state index in [4.69, 9.17) is 10.5 Å². The summed E-state index contributed by atoms with van der Waals surface area (Å²) in [5.74, 6) is -3.72. The molecule has 1 aliphatic rings. The summed E-state index contributed by atoms with van der Waals surface area (Å²) in [6.45, 7) is 5.09. The fraction of sp³-hybridized carbons (Fsp3) is 0.348. The van der Waals surface area contributed by atoms with Crippen molar-refractivity contribution >= 4 is 17.3 Å². The van der Waals surface area contributed by atoms with Gasteiger partial charge in [0.05, 0.1) is 12.1 Å². The Kier molecular flexibility index (Phi) is 6.64. The van der Waals surface area contributed by atoms with E-state index in [0.717, 1.165) is 23.4 Å². The van der Waals surface area contributed by atoms with Crippen LogP contribution < -0.4 is 11.1 Å². The number of aliphatic imine (C=N–C) groups is 1. The number of nitrogens with two attached hydrogens (primary N) is 1. The minimum Gasteiger partial charge on any atom is -0.404 e. The Morgan fingerprint density at radius 1 is 1.24 bits per heavy atom. The minimum absolute atomic E-state index is 0.155. The molecule has 174 valence electrons. The number of halogens is 3. The number of aromatic nitrogens is 3. The predicted octanol–water partition coefficient (Wildman–Crippen LogP) is 4.10. The Morgan fingerprint density at radius 3 is 2.67 bits per heavy atom. The van der Waals surface area contributed by atoms with Crippen LogP contribution >= 0.6 is 0 Å². The van der Waals surface area contributed by atoms with Crippen molar-refractivity contribution in [2.24, 2.45) is 10.7 Å². The van der Waals surface area contributed by atoms with Crippen molar-refractivity contribution in [2.75, 3.05) is 18.5 Å². The van der Waals surface area contributed by atoms with E-state index in [1.807, 2.05) is 13.8 Å². The summed E-state index contributed by atoms with van der Waals surface area (Å²) >= 11 is 0. The first-order valence-corrected chi connectivity index (χ1v) is 10.8. The van der Waals surface area contributed by atoms with Gasteiger partial charge in [-0.25, -0.2) is 17.7 Å². The zero-order valence-corrected chi connectivity index (χ0v) is 18.4. The van der Waals surface area contributed by atoms with E-state index in [1.165, 1.54) is 4.52 Å². The van der Waals surface area contributed by atoms with E-state index in [0.29, 0.717) is 43.2 Å². The fourth-order valence-corrected chi connectivity index (χ4v) is 4.07. The fourth-order valence-electron chi connectivity index (χ4n) is 4.07. The average molecular weight is 458 g/mol. The number of benzene rings is 1. The molecule has 2 aromatic heterocycles. The summed E-state index contributed by atoms with van der Waals surface area (Å²) < 4.78 is 48.5. The first kappa shape index (κ1) is 22.8. The smallest absolute Gasteiger partial charge is 0.243 e. The molecule has 1 aliphatic carbocycles. The van der Waals surface area contributed by atoms with Crippen LogP contribution in [0.2, 0.25) is 0 Å². The molecular formula is C23H25F3N6O. The highest BCUT2D eigenvalue weighted by Gasteiger charge is 2.32. The maximum absolute atomic E-state index is 13.8. The highest BCUT2D eigenvalue weighted by atomic mass is 19.2. The number of fused-ring (bicyclic) bond motifs is 1. The molecule has 0 bridgehead atoms. The topological polar surface area (TPSA) is 89.8 Å². The van der Waals surface area contributed by atoms with Crippen molar-refractivity contribution in [3.05, 3.63) is 59.7 Å². The van der Waals surface area contributed by atoms with Crippen molar-refractivity contribution in [2.45, 2.75) is 38.8 Å². The Labute approximate surface area is 189 Å². The van der Waals surface area contributed by atoms with Crippen LogP contribution in [-0.2, 0) is 4.74 Å². The van der Waals surface area contributed by atoms with Crippen LogP contribution in [0.15, 0.2) is 47.2 Å². The lowest BCUT2D eigenvalue weighted by atomic mass is 9.86. The van der Waals surface area contributed by atoms with Gasteiger partial charge in [0.2, 0.25) is 5.95 Å². The third-order valence-corrected chi connectivity index (χ3v) is 5.56. The van der Waals surface area contributed by atoms with Gasteiger partial charge < -0.3 is 15.8 Å². The summed E-state index contributed by atoms with van der Waals surface area (Å²) in [7, 11) is 0. The van der Waals surface area contributed by atoms with Crippen molar-refractivity contribution in [1.29, 1.82) is 0 Å². The molecule has 4 rings (SSSR count). The molecular weight excluding hydrogens is 433 g/mol. The normalized spacial score (nSPS) is 21.2. The third kappa shape index (κ3) is 4.56. The molecule has 3 aromatic rings. The van der Waals surface area contributed by atoms with Gasteiger partial charge in [0.1, 0.15) is 0 Å². The van der Waals surface area contributed by atoms with E-state index in [1.54, 1.807) is 24.5 Å². The Hall–Kier alpha value is -3.40. The van der Waals surface area contributed by atoms with Crippen LogP contribution in [-0.4, -0.2) is 45.6 Å². The number of pyridine rings is 1. The van der Waals surface area contributed by atoms with Crippen LogP contribution in [0.3, 0.4) is 0 Å². The molecule has 3 N–H and O–H groups in total. The monoisotopic (exact) mass is 458 g/mol. The molecule has 0 saturated heterocycles. The maximum atomic E-state index is 13.8. The van der Waals surface area contributed by atoms with Crippen LogP contribution in [0.25, 0.3) is 16.8 Å². The van der Waals surface area contributed by atoms with E-state index in [9.17, 15) is 13.2 Å². The summed E-state index contributed by atoms with van der Waals surface area (Å²) in [5.41, 5.74) is 8.67. The summed E-state index contributed by atoms with van der Waals surface area (Å²) in [6, 6.07) is 5.04. The molecule has 0 spiro atoms. The lowest BCUT2D eigenvalue weighted by molar-refractivity contribution is 0.0511. The van der Waals surface area contributed by atoms with Crippen molar-refractivity contribution in [3.8, 4) is 11.1 Å². The van der Waals surface area contributed by atoms with E-state index >= 15 is 0 Å². The highest BCUT2D eigenvalue weighted by Crippen LogP contribution is 2.29. The molecule has 2 atom stereocenters. The van der Waals surface area contributed by atoms with Gasteiger partial charge in [-0.1, -0.05) is 0 Å². The number of hydrogen-bond acceptors (Lipinski definition) is 6. The van der Waals surface area contributed by atoms with Crippen LogP contribution in [0, 0.1) is 17.5 Å². The highest BCUT2D eigenvalue weighted by molar-refractivity contribution is 6.01. The largest absolute Gasteiger partial charge is 0.404 e. The standard InChI is InChI=1S/C23H25F3N6O/c1-3-28-18-11-20(33-4-2)19(10-14(18)12-27)29-23-30-22-15(6-5-7-32(22)31-23)13-8-16(24)21(26)17(25)9-13/h5-9,12,19-20H,3-4,10-11,27H2,1-2H3,(H,29,31). The summed E-state index contributed by atoms with van der Waals surface area (Å²) in [4.78, 5) is 9.08. The van der Waals surface area contributed by atoms with E-state index < -0.39 is 17.5 Å². The van der Waals surface area contributed by atoms with Crippen molar-refractivity contribution in [3.63, 3.8) is 0 Å². The molecule has 7 nitrogen and oxygen atoms in total. The van der Waals surface area contributed by atoms with Gasteiger partial charge >= 0.3 is 0 Å². The number of nitrogens with one attached hydrogen (secondary N) is 1. The van der Waals surface area contributed by atoms with Crippen molar-refractivity contribution < 1.29 is 17.9 Å². The van der Waals surface area contributed by atoms with Gasteiger partial charge in [-0.05, 0) is 61.9 Å². The molecule has 0 amide bonds. The van der Waals surface area contributed by atoms with Gasteiger partial charge in [0.15, 0.2) is 23.1 Å². The van der Waals surface area contributed by atoms with Gasteiger partial charge in [-0.15, -0.1) is 5.10 Å². The minimum atomic E-state index is -1.51. The molecule has 1 aromatic carbocycles. The zero-order valence-electron chi connectivity index (χ0n) is 18.4. The lowest BCUT2D eigenvalue weighted by Crippen LogP contribution is -2.43. The molecule has 1 fully saturated rings. The second kappa shape index (κ2) is 9.62. The zero-order chi connectivity index (χ0) is 23.5. The lowest BCUT2D eigenvalue weighted by Gasteiger charge is -2.33. The Balaban J connectivity index is 1.67. The molecule has 10 heteroatoms. The first-order chi connectivity index (χ1) is 15.9. The molecule has 1 saturated carbocycles. The predicted molar refractivity (Wildman–Crippen MR) is 121 cm³/mol. The Morgan fingerprint density at radius 2 is 2.00 bits per heavy atom. The quantitative estimate of drug-likeness (QED) is 0.543. The Bertz CT molecular complexity index is 1200. The molecule has 2 heterocycles. The first-order valence-electron chi connectivity index (χ1n) is 10.8. The van der Waals surface area contributed by atoms with Crippen LogP contribution in [0.4, 0.5) is 19.1 Å².